The van der Waals surface area contributed by atoms with Crippen molar-refractivity contribution < 1.29 is 23.1 Å². The first-order valence-electron chi connectivity index (χ1n) is 7.79. The smallest absolute Gasteiger partial charge is 0.336 e. The van der Waals surface area contributed by atoms with Crippen molar-refractivity contribution in [2.45, 2.75) is 12.3 Å². The van der Waals surface area contributed by atoms with Gasteiger partial charge in [0.2, 0.25) is 5.91 Å². The molecule has 1 amide bonds. The van der Waals surface area contributed by atoms with Gasteiger partial charge in [-0.15, -0.1) is 0 Å². The van der Waals surface area contributed by atoms with Gasteiger partial charge in [0.1, 0.15) is 18.2 Å². The van der Waals surface area contributed by atoms with Gasteiger partial charge in [-0.2, -0.15) is 0 Å². The number of cyclic esters (lactones) is 1. The summed E-state index contributed by atoms with van der Waals surface area (Å²) in [6.45, 7) is -0.0386. The zero-order valence-corrected chi connectivity index (χ0v) is 13.0. The van der Waals surface area contributed by atoms with Gasteiger partial charge in [0, 0.05) is 18.0 Å². The second-order valence-corrected chi connectivity index (χ2v) is 5.95. The van der Waals surface area contributed by atoms with Crippen molar-refractivity contribution in [1.82, 2.24) is 0 Å². The van der Waals surface area contributed by atoms with Crippen LogP contribution in [0.25, 0.3) is 0 Å². The lowest BCUT2D eigenvalue weighted by Crippen LogP contribution is -2.37. The van der Waals surface area contributed by atoms with E-state index in [4.69, 9.17) is 4.74 Å². The molecule has 25 heavy (non-hydrogen) atoms. The van der Waals surface area contributed by atoms with E-state index in [-0.39, 0.29) is 18.9 Å². The molecule has 0 aliphatic carbocycles. The van der Waals surface area contributed by atoms with Crippen molar-refractivity contribution in [3.63, 3.8) is 0 Å². The minimum atomic E-state index is -0.551. The Hall–Kier alpha value is -3.02. The monoisotopic (exact) mass is 341 g/mol. The second-order valence-electron chi connectivity index (χ2n) is 5.95. The number of halogens is 2. The predicted molar refractivity (Wildman–Crippen MR) is 85.6 cm³/mol. The lowest BCUT2D eigenvalue weighted by atomic mass is 9.84. The molecule has 2 aromatic rings. The zero-order valence-electron chi connectivity index (χ0n) is 13.0. The van der Waals surface area contributed by atoms with Crippen LogP contribution in [0.3, 0.4) is 0 Å². The van der Waals surface area contributed by atoms with Gasteiger partial charge in [-0.3, -0.25) is 9.69 Å². The fourth-order valence-electron chi connectivity index (χ4n) is 3.35. The first-order chi connectivity index (χ1) is 12.0. The minimum absolute atomic E-state index is 0.00869. The van der Waals surface area contributed by atoms with Gasteiger partial charge in [0.05, 0.1) is 11.3 Å². The summed E-state index contributed by atoms with van der Waals surface area (Å²) in [5.74, 6) is -2.16. The summed E-state index contributed by atoms with van der Waals surface area (Å²) in [4.78, 5) is 26.4. The molecule has 0 saturated heterocycles. The molecule has 2 heterocycles. The highest BCUT2D eigenvalue weighted by atomic mass is 19.1. The van der Waals surface area contributed by atoms with Gasteiger partial charge in [-0.25, -0.2) is 13.6 Å². The van der Waals surface area contributed by atoms with Gasteiger partial charge in [-0.1, -0.05) is 12.1 Å². The van der Waals surface area contributed by atoms with Crippen LogP contribution < -0.4 is 4.90 Å². The maximum absolute atomic E-state index is 13.6. The molecule has 1 atom stereocenters. The predicted octanol–water partition coefficient (Wildman–Crippen LogP) is 3.30. The van der Waals surface area contributed by atoms with Crippen LogP contribution in [0.1, 0.15) is 17.9 Å². The lowest BCUT2D eigenvalue weighted by molar-refractivity contribution is -0.136. The Morgan fingerprint density at radius 2 is 1.76 bits per heavy atom. The van der Waals surface area contributed by atoms with Gasteiger partial charge in [0.25, 0.3) is 0 Å². The number of hydrogen-bond donors (Lipinski definition) is 0. The molecule has 0 fully saturated rings. The van der Waals surface area contributed by atoms with E-state index in [0.717, 1.165) is 0 Å². The topological polar surface area (TPSA) is 46.6 Å². The van der Waals surface area contributed by atoms with E-state index in [1.807, 2.05) is 0 Å². The molecule has 6 heteroatoms. The largest absolute Gasteiger partial charge is 0.456 e. The van der Waals surface area contributed by atoms with Crippen molar-refractivity contribution in [3.05, 3.63) is 77.0 Å². The molecule has 0 N–H and O–H groups in total. The number of anilines is 1. The molecular weight excluding hydrogens is 328 g/mol. The van der Waals surface area contributed by atoms with Crippen molar-refractivity contribution in [1.29, 1.82) is 0 Å². The summed E-state index contributed by atoms with van der Waals surface area (Å²) in [7, 11) is 0. The SMILES string of the molecule is O=C1OCC2=C1C(c1cccc(F)c1)CC(=O)N2c1ccc(F)cc1. The molecule has 0 aromatic heterocycles. The Labute approximate surface area is 142 Å². The molecular formula is C19H13F2NO3. The zero-order chi connectivity index (χ0) is 17.6. The number of nitrogens with zero attached hydrogens (tertiary/aromatic N) is 1. The molecule has 0 spiro atoms. The fraction of sp³-hybridized carbons (Fsp3) is 0.158. The van der Waals surface area contributed by atoms with Gasteiger partial charge < -0.3 is 4.74 Å². The highest BCUT2D eigenvalue weighted by molar-refractivity contribution is 6.06. The first kappa shape index (κ1) is 15.5. The van der Waals surface area contributed by atoms with Crippen molar-refractivity contribution in [2.75, 3.05) is 11.5 Å². The van der Waals surface area contributed by atoms with E-state index in [1.54, 1.807) is 12.1 Å². The van der Waals surface area contributed by atoms with Crippen LogP contribution in [0.15, 0.2) is 59.8 Å². The van der Waals surface area contributed by atoms with Crippen LogP contribution in [0, 0.1) is 11.6 Å². The third-order valence-corrected chi connectivity index (χ3v) is 4.45. The van der Waals surface area contributed by atoms with Crippen LogP contribution in [0.2, 0.25) is 0 Å². The molecule has 2 aromatic carbocycles. The Balaban J connectivity index is 1.83. The normalized spacial score (nSPS) is 19.9. The summed E-state index contributed by atoms with van der Waals surface area (Å²) in [5.41, 5.74) is 1.81. The molecule has 0 bridgehead atoms. The molecule has 0 saturated carbocycles. The Kier molecular flexibility index (Phi) is 3.60. The number of benzene rings is 2. The number of rotatable bonds is 2. The first-order valence-corrected chi connectivity index (χ1v) is 7.79. The van der Waals surface area contributed by atoms with Gasteiger partial charge in [-0.05, 0) is 42.0 Å². The summed E-state index contributed by atoms with van der Waals surface area (Å²) < 4.78 is 31.9. The van der Waals surface area contributed by atoms with E-state index >= 15 is 0 Å². The van der Waals surface area contributed by atoms with Crippen LogP contribution >= 0.6 is 0 Å². The molecule has 2 aliphatic rings. The Bertz CT molecular complexity index is 905. The number of ether oxygens (including phenoxy) is 1. The van der Waals surface area contributed by atoms with Crippen LogP contribution in [-0.2, 0) is 14.3 Å². The summed E-state index contributed by atoms with van der Waals surface area (Å²) >= 11 is 0. The van der Waals surface area contributed by atoms with Crippen LogP contribution in [-0.4, -0.2) is 18.5 Å². The molecule has 4 nitrogen and oxygen atoms in total. The number of esters is 1. The number of amides is 1. The Morgan fingerprint density at radius 3 is 2.48 bits per heavy atom. The molecule has 2 aliphatic heterocycles. The van der Waals surface area contributed by atoms with Crippen molar-refractivity contribution >= 4 is 17.6 Å². The standard InChI is InChI=1S/C19H13F2NO3/c20-12-4-6-14(7-5-12)22-16-10-25-19(24)18(16)15(9-17(22)23)11-2-1-3-13(21)8-11/h1-8,15H,9-10H2. The second kappa shape index (κ2) is 5.81. The summed E-state index contributed by atoms with van der Waals surface area (Å²) in [6, 6.07) is 11.3. The maximum Gasteiger partial charge on any atom is 0.336 e. The summed E-state index contributed by atoms with van der Waals surface area (Å²) in [6.07, 6.45) is 0.00869. The van der Waals surface area contributed by atoms with Crippen molar-refractivity contribution in [2.24, 2.45) is 0 Å². The number of carbonyl (C=O) groups is 2. The minimum Gasteiger partial charge on any atom is -0.456 e. The molecule has 0 radical (unpaired) electrons. The number of carbonyl (C=O) groups excluding carboxylic acids is 2. The Morgan fingerprint density at radius 1 is 1.00 bits per heavy atom. The molecule has 4 rings (SSSR count). The highest BCUT2D eigenvalue weighted by Gasteiger charge is 2.42. The average Bonchev–Trinajstić information content (AvgIpc) is 2.97. The van der Waals surface area contributed by atoms with Gasteiger partial charge >= 0.3 is 5.97 Å². The lowest BCUT2D eigenvalue weighted by Gasteiger charge is -2.31. The fourth-order valence-corrected chi connectivity index (χ4v) is 3.35. The van der Waals surface area contributed by atoms with E-state index in [0.29, 0.717) is 22.5 Å². The van der Waals surface area contributed by atoms with E-state index in [2.05, 4.69) is 0 Å². The van der Waals surface area contributed by atoms with E-state index in [9.17, 15) is 18.4 Å². The highest BCUT2D eigenvalue weighted by Crippen LogP contribution is 2.41. The van der Waals surface area contributed by atoms with E-state index in [1.165, 1.54) is 41.3 Å². The average molecular weight is 341 g/mol. The quantitative estimate of drug-likeness (QED) is 0.788. The number of hydrogen-bond acceptors (Lipinski definition) is 3. The van der Waals surface area contributed by atoms with Crippen LogP contribution in [0.4, 0.5) is 14.5 Å². The van der Waals surface area contributed by atoms with Gasteiger partial charge in [0.15, 0.2) is 0 Å². The van der Waals surface area contributed by atoms with Crippen molar-refractivity contribution in [3.8, 4) is 0 Å². The third-order valence-electron chi connectivity index (χ3n) is 4.45. The molecule has 1 unspecified atom stereocenters. The third kappa shape index (κ3) is 2.59. The molecule has 126 valence electrons. The maximum atomic E-state index is 13.6. The van der Waals surface area contributed by atoms with E-state index < -0.39 is 23.5 Å². The van der Waals surface area contributed by atoms with Crippen LogP contribution in [0.5, 0.6) is 0 Å². The summed E-state index contributed by atoms with van der Waals surface area (Å²) in [5, 5.41) is 0.